The molecule has 1 unspecified atom stereocenters. The van der Waals surface area contributed by atoms with Crippen LogP contribution in [0.15, 0.2) is 24.3 Å². The molecule has 0 fully saturated rings. The highest BCUT2D eigenvalue weighted by Gasteiger charge is 2.12. The van der Waals surface area contributed by atoms with Crippen LogP contribution in [0.2, 0.25) is 5.02 Å². The van der Waals surface area contributed by atoms with Crippen LogP contribution in [0, 0.1) is 0 Å². The van der Waals surface area contributed by atoms with E-state index in [1.165, 1.54) is 0 Å². The van der Waals surface area contributed by atoms with Crippen molar-refractivity contribution in [3.8, 4) is 0 Å². The highest BCUT2D eigenvalue weighted by Crippen LogP contribution is 2.14. The molecule has 1 N–H and O–H groups in total. The van der Waals surface area contributed by atoms with Crippen molar-refractivity contribution in [2.75, 3.05) is 11.9 Å². The van der Waals surface area contributed by atoms with Crippen LogP contribution in [0.1, 0.15) is 13.8 Å². The molecule has 0 saturated carbocycles. The van der Waals surface area contributed by atoms with Crippen LogP contribution in [0.5, 0.6) is 0 Å². The summed E-state index contributed by atoms with van der Waals surface area (Å²) in [4.78, 5) is 11.3. The van der Waals surface area contributed by atoms with Crippen LogP contribution in [-0.2, 0) is 9.53 Å². The Labute approximate surface area is 94.4 Å². The quantitative estimate of drug-likeness (QED) is 0.804. The molecule has 0 heterocycles. The maximum atomic E-state index is 11.3. The molecule has 1 rings (SSSR count). The van der Waals surface area contributed by atoms with E-state index < -0.39 is 0 Å². The number of ether oxygens (including phenoxy) is 1. The monoisotopic (exact) mass is 227 g/mol. The fraction of sp³-hybridized carbons (Fsp3) is 0.364. The molecule has 0 radical (unpaired) electrons. The normalized spacial score (nSPS) is 11.9. The van der Waals surface area contributed by atoms with Crippen molar-refractivity contribution in [1.29, 1.82) is 0 Å². The number of hydrogen-bond acceptors (Lipinski definition) is 3. The second-order valence-corrected chi connectivity index (χ2v) is 3.56. The van der Waals surface area contributed by atoms with E-state index >= 15 is 0 Å². The summed E-state index contributed by atoms with van der Waals surface area (Å²) in [6.07, 6.45) is 0. The smallest absolute Gasteiger partial charge is 0.328 e. The molecule has 0 aliphatic rings. The SMILES string of the molecule is CCOC(=O)C(C)Nc1ccc(Cl)cc1. The third-order valence-corrected chi connectivity index (χ3v) is 2.12. The minimum Gasteiger partial charge on any atom is -0.464 e. The summed E-state index contributed by atoms with van der Waals surface area (Å²) in [5, 5.41) is 3.69. The maximum absolute atomic E-state index is 11.3. The number of halogens is 1. The van der Waals surface area contributed by atoms with E-state index in [0.717, 1.165) is 5.69 Å². The maximum Gasteiger partial charge on any atom is 0.328 e. The number of carbonyl (C=O) groups is 1. The van der Waals surface area contributed by atoms with Gasteiger partial charge in [0.25, 0.3) is 0 Å². The molecule has 0 aromatic heterocycles. The van der Waals surface area contributed by atoms with Crippen LogP contribution in [0.25, 0.3) is 0 Å². The summed E-state index contributed by atoms with van der Waals surface area (Å²) in [5.74, 6) is -0.257. The second kappa shape index (κ2) is 5.61. The fourth-order valence-electron chi connectivity index (χ4n) is 1.12. The third kappa shape index (κ3) is 3.80. The number of rotatable bonds is 4. The van der Waals surface area contributed by atoms with Crippen LogP contribution < -0.4 is 5.32 Å². The van der Waals surface area contributed by atoms with Gasteiger partial charge in [-0.05, 0) is 38.1 Å². The van der Waals surface area contributed by atoms with E-state index in [0.29, 0.717) is 11.6 Å². The molecule has 0 aliphatic carbocycles. The van der Waals surface area contributed by atoms with Gasteiger partial charge in [-0.3, -0.25) is 0 Å². The first-order chi connectivity index (χ1) is 7.13. The van der Waals surface area contributed by atoms with E-state index in [9.17, 15) is 4.79 Å². The Balaban J connectivity index is 2.54. The molecule has 1 atom stereocenters. The van der Waals surface area contributed by atoms with E-state index in [2.05, 4.69) is 5.32 Å². The summed E-state index contributed by atoms with van der Waals surface area (Å²) in [5.41, 5.74) is 0.847. The number of hydrogen-bond donors (Lipinski definition) is 1. The molecule has 0 spiro atoms. The lowest BCUT2D eigenvalue weighted by Crippen LogP contribution is -2.28. The molecule has 0 aliphatic heterocycles. The lowest BCUT2D eigenvalue weighted by molar-refractivity contribution is -0.143. The number of nitrogens with one attached hydrogen (secondary N) is 1. The van der Waals surface area contributed by atoms with Gasteiger partial charge in [0.1, 0.15) is 6.04 Å². The molecule has 3 nitrogen and oxygen atoms in total. The van der Waals surface area contributed by atoms with E-state index in [1.807, 2.05) is 12.1 Å². The highest BCUT2D eigenvalue weighted by atomic mass is 35.5. The van der Waals surface area contributed by atoms with Crippen LogP contribution >= 0.6 is 11.6 Å². The van der Waals surface area contributed by atoms with Crippen molar-refractivity contribution in [2.45, 2.75) is 19.9 Å². The van der Waals surface area contributed by atoms with Gasteiger partial charge in [0.2, 0.25) is 0 Å². The summed E-state index contributed by atoms with van der Waals surface area (Å²) < 4.78 is 4.87. The van der Waals surface area contributed by atoms with Crippen LogP contribution in [-0.4, -0.2) is 18.6 Å². The average molecular weight is 228 g/mol. The summed E-state index contributed by atoms with van der Waals surface area (Å²) in [6.45, 7) is 3.94. The predicted octanol–water partition coefficient (Wildman–Crippen LogP) is 2.70. The van der Waals surface area contributed by atoms with Gasteiger partial charge in [0.05, 0.1) is 6.61 Å². The Hall–Kier alpha value is -1.22. The van der Waals surface area contributed by atoms with E-state index in [1.54, 1.807) is 26.0 Å². The van der Waals surface area contributed by atoms with Gasteiger partial charge in [-0.25, -0.2) is 4.79 Å². The van der Waals surface area contributed by atoms with Crippen molar-refractivity contribution in [1.82, 2.24) is 0 Å². The first-order valence-electron chi connectivity index (χ1n) is 4.82. The van der Waals surface area contributed by atoms with Gasteiger partial charge in [0.15, 0.2) is 0 Å². The summed E-state index contributed by atoms with van der Waals surface area (Å²) in [6, 6.07) is 6.81. The molecular weight excluding hydrogens is 214 g/mol. The van der Waals surface area contributed by atoms with Gasteiger partial charge in [-0.15, -0.1) is 0 Å². The van der Waals surface area contributed by atoms with E-state index in [4.69, 9.17) is 16.3 Å². The third-order valence-electron chi connectivity index (χ3n) is 1.87. The lowest BCUT2D eigenvalue weighted by atomic mass is 10.2. The number of anilines is 1. The van der Waals surface area contributed by atoms with Gasteiger partial charge in [-0.2, -0.15) is 0 Å². The Kier molecular flexibility index (Phi) is 4.43. The Morgan fingerprint density at radius 2 is 2.07 bits per heavy atom. The van der Waals surface area contributed by atoms with Gasteiger partial charge < -0.3 is 10.1 Å². The minimum atomic E-state index is -0.355. The lowest BCUT2D eigenvalue weighted by Gasteiger charge is -2.13. The zero-order valence-electron chi connectivity index (χ0n) is 8.79. The largest absolute Gasteiger partial charge is 0.464 e. The van der Waals surface area contributed by atoms with Crippen LogP contribution in [0.4, 0.5) is 5.69 Å². The average Bonchev–Trinajstić information content (AvgIpc) is 2.22. The molecule has 1 aromatic carbocycles. The minimum absolute atomic E-state index is 0.257. The topological polar surface area (TPSA) is 38.3 Å². The van der Waals surface area contributed by atoms with Crippen molar-refractivity contribution in [3.05, 3.63) is 29.3 Å². The van der Waals surface area contributed by atoms with Crippen molar-refractivity contribution in [2.24, 2.45) is 0 Å². The molecule has 0 amide bonds. The number of carbonyl (C=O) groups excluding carboxylic acids is 1. The zero-order valence-corrected chi connectivity index (χ0v) is 9.54. The van der Waals surface area contributed by atoms with Gasteiger partial charge >= 0.3 is 5.97 Å². The fourth-order valence-corrected chi connectivity index (χ4v) is 1.25. The van der Waals surface area contributed by atoms with Crippen LogP contribution in [0.3, 0.4) is 0 Å². The summed E-state index contributed by atoms with van der Waals surface area (Å²) >= 11 is 5.74. The highest BCUT2D eigenvalue weighted by molar-refractivity contribution is 6.30. The molecule has 1 aromatic rings. The Morgan fingerprint density at radius 3 is 2.60 bits per heavy atom. The first kappa shape index (κ1) is 11.9. The molecule has 4 heteroatoms. The number of benzene rings is 1. The zero-order chi connectivity index (χ0) is 11.3. The van der Waals surface area contributed by atoms with Gasteiger partial charge in [-0.1, -0.05) is 11.6 Å². The number of esters is 1. The Bertz CT molecular complexity index is 324. The van der Waals surface area contributed by atoms with Crippen molar-refractivity contribution >= 4 is 23.3 Å². The predicted molar refractivity (Wildman–Crippen MR) is 61.2 cm³/mol. The second-order valence-electron chi connectivity index (χ2n) is 3.12. The molecule has 0 bridgehead atoms. The van der Waals surface area contributed by atoms with E-state index in [-0.39, 0.29) is 12.0 Å². The molecule has 15 heavy (non-hydrogen) atoms. The van der Waals surface area contributed by atoms with Crippen molar-refractivity contribution in [3.63, 3.8) is 0 Å². The summed E-state index contributed by atoms with van der Waals surface area (Å²) in [7, 11) is 0. The molecule has 0 saturated heterocycles. The van der Waals surface area contributed by atoms with Gasteiger partial charge in [0, 0.05) is 10.7 Å². The molecular formula is C11H14ClNO2. The first-order valence-corrected chi connectivity index (χ1v) is 5.20. The van der Waals surface area contributed by atoms with Crippen molar-refractivity contribution < 1.29 is 9.53 Å². The standard InChI is InChI=1S/C11H14ClNO2/c1-3-15-11(14)8(2)13-10-6-4-9(12)5-7-10/h4-8,13H,3H2,1-2H3. The molecule has 82 valence electrons. The Morgan fingerprint density at radius 1 is 1.47 bits per heavy atom.